The quantitative estimate of drug-likeness (QED) is 0.509. The van der Waals surface area contributed by atoms with Crippen molar-refractivity contribution in [2.75, 3.05) is 32.8 Å². The van der Waals surface area contributed by atoms with Crippen molar-refractivity contribution in [3.8, 4) is 22.3 Å². The zero-order valence-corrected chi connectivity index (χ0v) is 16.7. The van der Waals surface area contributed by atoms with Crippen molar-refractivity contribution in [1.82, 2.24) is 24.1 Å². The molecule has 0 unspecified atom stereocenters. The summed E-state index contributed by atoms with van der Waals surface area (Å²) in [5.41, 5.74) is 4.65. The van der Waals surface area contributed by atoms with Crippen LogP contribution in [0, 0.1) is 0 Å². The second-order valence-corrected chi connectivity index (χ2v) is 7.86. The minimum atomic E-state index is -0.00437. The molecular weight excluding hydrogens is 386 g/mol. The molecule has 1 aliphatic heterocycles. The summed E-state index contributed by atoms with van der Waals surface area (Å²) in [5, 5.41) is 8.57. The normalized spacial score (nSPS) is 15.2. The van der Waals surface area contributed by atoms with Crippen LogP contribution in [0.1, 0.15) is 0 Å². The second kappa shape index (κ2) is 7.90. The number of morpholine rings is 1. The molecule has 7 nitrogen and oxygen atoms in total. The van der Waals surface area contributed by atoms with Gasteiger partial charge in [-0.3, -0.25) is 9.69 Å². The Morgan fingerprint density at radius 1 is 1.07 bits per heavy atom. The predicted octanol–water partition coefficient (Wildman–Crippen LogP) is 2.62. The minimum Gasteiger partial charge on any atom is -0.379 e. The van der Waals surface area contributed by atoms with Gasteiger partial charge in [-0.1, -0.05) is 0 Å². The van der Waals surface area contributed by atoms with Crippen LogP contribution in [-0.4, -0.2) is 56.9 Å². The Kier molecular flexibility index (Phi) is 4.97. The number of thiophene rings is 1. The van der Waals surface area contributed by atoms with Gasteiger partial charge in [-0.15, -0.1) is 0 Å². The molecule has 8 heteroatoms. The van der Waals surface area contributed by atoms with Gasteiger partial charge in [-0.25, -0.2) is 9.50 Å². The van der Waals surface area contributed by atoms with Crippen LogP contribution in [0.25, 0.3) is 27.9 Å². The first-order valence-corrected chi connectivity index (χ1v) is 10.6. The number of nitrogens with zero attached hydrogens (tertiary/aromatic N) is 5. The van der Waals surface area contributed by atoms with Crippen LogP contribution >= 0.6 is 11.3 Å². The Bertz CT molecular complexity index is 1180. The second-order valence-electron chi connectivity index (χ2n) is 7.08. The average Bonchev–Trinajstić information content (AvgIpc) is 3.42. The molecule has 0 radical (unpaired) electrons. The highest BCUT2D eigenvalue weighted by Crippen LogP contribution is 2.26. The van der Waals surface area contributed by atoms with E-state index in [1.807, 2.05) is 30.0 Å². The lowest BCUT2D eigenvalue weighted by Crippen LogP contribution is -2.39. The summed E-state index contributed by atoms with van der Waals surface area (Å²) in [5.74, 6) is 0. The van der Waals surface area contributed by atoms with Gasteiger partial charge in [0.05, 0.1) is 19.4 Å². The van der Waals surface area contributed by atoms with E-state index in [1.165, 1.54) is 0 Å². The minimum absolute atomic E-state index is 0.00437. The fourth-order valence-corrected chi connectivity index (χ4v) is 4.25. The molecule has 0 bridgehead atoms. The fourth-order valence-electron chi connectivity index (χ4n) is 3.59. The lowest BCUT2D eigenvalue weighted by atomic mass is 10.1. The first kappa shape index (κ1) is 18.2. The topological polar surface area (TPSA) is 64.7 Å². The number of fused-ring (bicyclic) bond motifs is 1. The third-order valence-corrected chi connectivity index (χ3v) is 5.96. The number of hydrogen-bond acceptors (Lipinski definition) is 6. The summed E-state index contributed by atoms with van der Waals surface area (Å²) in [6.45, 7) is 4.93. The van der Waals surface area contributed by atoms with Crippen LogP contribution in [0.15, 0.2) is 58.5 Å². The molecule has 0 spiro atoms. The Labute approximate surface area is 171 Å². The standard InChI is InChI=1S/C21H21N5O2S/c27-20-11-16(1-3-25(20)5-4-24-6-8-28-9-7-24)18-12-22-21-19(13-23-26(21)14-18)17-2-10-29-15-17/h1-3,10-15H,4-9H2. The van der Waals surface area contributed by atoms with Crippen molar-refractivity contribution < 1.29 is 4.74 Å². The van der Waals surface area contributed by atoms with E-state index in [0.29, 0.717) is 6.54 Å². The summed E-state index contributed by atoms with van der Waals surface area (Å²) in [6, 6.07) is 5.70. The van der Waals surface area contributed by atoms with E-state index < -0.39 is 0 Å². The molecule has 1 saturated heterocycles. The highest BCUT2D eigenvalue weighted by molar-refractivity contribution is 7.08. The van der Waals surface area contributed by atoms with E-state index >= 15 is 0 Å². The molecule has 1 aliphatic rings. The predicted molar refractivity (Wildman–Crippen MR) is 113 cm³/mol. The van der Waals surface area contributed by atoms with Gasteiger partial charge in [-0.05, 0) is 34.0 Å². The van der Waals surface area contributed by atoms with Crippen LogP contribution in [0.3, 0.4) is 0 Å². The third-order valence-electron chi connectivity index (χ3n) is 5.28. The first-order chi connectivity index (χ1) is 14.3. The summed E-state index contributed by atoms with van der Waals surface area (Å²) >= 11 is 1.65. The molecule has 0 aromatic carbocycles. The van der Waals surface area contributed by atoms with Crippen LogP contribution in [0.2, 0.25) is 0 Å². The summed E-state index contributed by atoms with van der Waals surface area (Å²) in [7, 11) is 0. The van der Waals surface area contributed by atoms with Crippen molar-refractivity contribution in [3.63, 3.8) is 0 Å². The molecule has 29 heavy (non-hydrogen) atoms. The van der Waals surface area contributed by atoms with Gasteiger partial charge in [0.2, 0.25) is 0 Å². The Morgan fingerprint density at radius 2 is 1.97 bits per heavy atom. The van der Waals surface area contributed by atoms with Gasteiger partial charge in [0.25, 0.3) is 5.56 Å². The van der Waals surface area contributed by atoms with E-state index in [-0.39, 0.29) is 5.56 Å². The van der Waals surface area contributed by atoms with Gasteiger partial charge in [-0.2, -0.15) is 16.4 Å². The largest absolute Gasteiger partial charge is 0.379 e. The molecule has 5 rings (SSSR count). The molecular formula is C21H21N5O2S. The molecule has 0 amide bonds. The monoisotopic (exact) mass is 407 g/mol. The Hall–Kier alpha value is -2.81. The third kappa shape index (κ3) is 3.74. The summed E-state index contributed by atoms with van der Waals surface area (Å²) in [4.78, 5) is 19.5. The van der Waals surface area contributed by atoms with Crippen molar-refractivity contribution in [2.45, 2.75) is 6.54 Å². The zero-order chi connectivity index (χ0) is 19.6. The van der Waals surface area contributed by atoms with Gasteiger partial charge >= 0.3 is 0 Å². The smallest absolute Gasteiger partial charge is 0.251 e. The maximum atomic E-state index is 12.6. The average molecular weight is 407 g/mol. The SMILES string of the molecule is O=c1cc(-c2cnc3c(-c4ccsc4)cnn3c2)ccn1CCN1CCOCC1. The molecule has 5 heterocycles. The van der Waals surface area contributed by atoms with Crippen LogP contribution in [-0.2, 0) is 11.3 Å². The molecule has 1 fully saturated rings. The number of ether oxygens (including phenoxy) is 1. The zero-order valence-electron chi connectivity index (χ0n) is 15.9. The lowest BCUT2D eigenvalue weighted by Gasteiger charge is -2.26. The fraction of sp³-hybridized carbons (Fsp3) is 0.286. The molecule has 0 N–H and O–H groups in total. The number of rotatable bonds is 5. The van der Waals surface area contributed by atoms with Crippen molar-refractivity contribution in [1.29, 1.82) is 0 Å². The number of hydrogen-bond donors (Lipinski definition) is 0. The van der Waals surface area contributed by atoms with Crippen LogP contribution < -0.4 is 5.56 Å². The molecule has 4 aromatic rings. The van der Waals surface area contributed by atoms with Crippen molar-refractivity contribution in [2.24, 2.45) is 0 Å². The highest BCUT2D eigenvalue weighted by Gasteiger charge is 2.12. The number of pyridine rings is 1. The van der Waals surface area contributed by atoms with Crippen molar-refractivity contribution >= 4 is 17.0 Å². The maximum Gasteiger partial charge on any atom is 0.251 e. The Balaban J connectivity index is 1.37. The van der Waals surface area contributed by atoms with Crippen molar-refractivity contribution in [3.05, 3.63) is 64.1 Å². The van der Waals surface area contributed by atoms with E-state index in [2.05, 4.69) is 26.4 Å². The maximum absolute atomic E-state index is 12.6. The summed E-state index contributed by atoms with van der Waals surface area (Å²) < 4.78 is 8.90. The van der Waals surface area contributed by atoms with Gasteiger partial charge in [0, 0.05) is 62.0 Å². The molecule has 148 valence electrons. The number of aromatic nitrogens is 4. The van der Waals surface area contributed by atoms with Crippen LogP contribution in [0.5, 0.6) is 0 Å². The van der Waals surface area contributed by atoms with E-state index in [0.717, 1.165) is 60.7 Å². The summed E-state index contributed by atoms with van der Waals surface area (Å²) in [6.07, 6.45) is 7.42. The molecule has 0 aliphatic carbocycles. The van der Waals surface area contributed by atoms with E-state index in [1.54, 1.807) is 32.7 Å². The molecule has 0 saturated carbocycles. The van der Waals surface area contributed by atoms with E-state index in [4.69, 9.17) is 4.74 Å². The molecule has 4 aromatic heterocycles. The van der Waals surface area contributed by atoms with Crippen LogP contribution in [0.4, 0.5) is 0 Å². The lowest BCUT2D eigenvalue weighted by molar-refractivity contribution is 0.0363. The van der Waals surface area contributed by atoms with E-state index in [9.17, 15) is 4.79 Å². The van der Waals surface area contributed by atoms with Gasteiger partial charge in [0.15, 0.2) is 5.65 Å². The van der Waals surface area contributed by atoms with Gasteiger partial charge < -0.3 is 9.30 Å². The van der Waals surface area contributed by atoms with Gasteiger partial charge in [0.1, 0.15) is 0 Å². The highest BCUT2D eigenvalue weighted by atomic mass is 32.1. The first-order valence-electron chi connectivity index (χ1n) is 9.65. The Morgan fingerprint density at radius 3 is 2.76 bits per heavy atom. The molecule has 0 atom stereocenters.